The van der Waals surface area contributed by atoms with Crippen molar-refractivity contribution in [2.24, 2.45) is 5.73 Å². The van der Waals surface area contributed by atoms with Crippen LogP contribution in [0.3, 0.4) is 0 Å². The summed E-state index contributed by atoms with van der Waals surface area (Å²) in [7, 11) is 0. The molecule has 1 atom stereocenters. The first-order chi connectivity index (χ1) is 3.80. The summed E-state index contributed by atoms with van der Waals surface area (Å²) < 4.78 is 0. The quantitative estimate of drug-likeness (QED) is 0.552. The number of hydrogen-bond donors (Lipinski definition) is 2. The topological polar surface area (TPSA) is 54.7 Å². The Balaban J connectivity index is 2.77. The molecule has 0 fully saturated rings. The lowest BCUT2D eigenvalue weighted by molar-refractivity contribution is 0.772. The molecule has 3 heteroatoms. The first-order valence-corrected chi connectivity index (χ1v) is 2.56. The van der Waals surface area contributed by atoms with Gasteiger partial charge in [-0.2, -0.15) is 5.10 Å². The molecule has 0 spiro atoms. The van der Waals surface area contributed by atoms with Crippen molar-refractivity contribution >= 4 is 0 Å². The van der Waals surface area contributed by atoms with Crippen LogP contribution in [0.25, 0.3) is 0 Å². The number of nitrogens with two attached hydrogens (primary N) is 1. The number of nitrogens with one attached hydrogen (secondary N) is 1. The van der Waals surface area contributed by atoms with Crippen LogP contribution in [0.1, 0.15) is 18.7 Å². The highest BCUT2D eigenvalue weighted by Gasteiger charge is 1.97. The Morgan fingerprint density at radius 1 is 1.88 bits per heavy atom. The molecule has 0 saturated heterocycles. The summed E-state index contributed by atoms with van der Waals surface area (Å²) >= 11 is 0. The van der Waals surface area contributed by atoms with E-state index in [1.165, 1.54) is 0 Å². The SMILES string of the molecule is C[C@H](N)c1cc[nH]n1. The zero-order valence-electron chi connectivity index (χ0n) is 4.76. The van der Waals surface area contributed by atoms with Gasteiger partial charge in [0.05, 0.1) is 5.69 Å². The van der Waals surface area contributed by atoms with Crippen LogP contribution in [-0.4, -0.2) is 10.2 Å². The third-order valence-corrected chi connectivity index (χ3v) is 0.989. The van der Waals surface area contributed by atoms with Crippen LogP contribution in [0, 0.1) is 0 Å². The first-order valence-electron chi connectivity index (χ1n) is 2.56. The van der Waals surface area contributed by atoms with Crippen LogP contribution in [0.4, 0.5) is 0 Å². The second kappa shape index (κ2) is 1.96. The second-order valence-corrected chi connectivity index (χ2v) is 1.79. The molecule has 0 radical (unpaired) electrons. The van der Waals surface area contributed by atoms with Crippen LogP contribution in [0.5, 0.6) is 0 Å². The van der Waals surface area contributed by atoms with E-state index in [4.69, 9.17) is 5.73 Å². The molecule has 0 saturated carbocycles. The Labute approximate surface area is 47.9 Å². The molecular weight excluding hydrogens is 102 g/mol. The van der Waals surface area contributed by atoms with Crippen molar-refractivity contribution in [1.82, 2.24) is 10.2 Å². The van der Waals surface area contributed by atoms with Gasteiger partial charge < -0.3 is 5.73 Å². The Bertz CT molecular complexity index is 143. The van der Waals surface area contributed by atoms with E-state index in [1.54, 1.807) is 6.20 Å². The molecule has 1 aromatic rings. The second-order valence-electron chi connectivity index (χ2n) is 1.79. The Morgan fingerprint density at radius 3 is 2.88 bits per heavy atom. The summed E-state index contributed by atoms with van der Waals surface area (Å²) in [6.45, 7) is 1.90. The van der Waals surface area contributed by atoms with E-state index in [0.717, 1.165) is 5.69 Å². The van der Waals surface area contributed by atoms with Crippen molar-refractivity contribution in [2.45, 2.75) is 13.0 Å². The first kappa shape index (κ1) is 5.31. The van der Waals surface area contributed by atoms with Gasteiger partial charge in [-0.05, 0) is 13.0 Å². The zero-order valence-corrected chi connectivity index (χ0v) is 4.76. The fourth-order valence-corrected chi connectivity index (χ4v) is 0.525. The minimum Gasteiger partial charge on any atom is -0.323 e. The Morgan fingerprint density at radius 2 is 2.62 bits per heavy atom. The van der Waals surface area contributed by atoms with Gasteiger partial charge in [0.15, 0.2) is 0 Å². The fraction of sp³-hybridized carbons (Fsp3) is 0.400. The van der Waals surface area contributed by atoms with Crippen molar-refractivity contribution < 1.29 is 0 Å². The average molecular weight is 111 g/mol. The minimum atomic E-state index is 0.0428. The molecule has 0 bridgehead atoms. The molecule has 44 valence electrons. The highest BCUT2D eigenvalue weighted by molar-refractivity contribution is 5.01. The van der Waals surface area contributed by atoms with E-state index in [2.05, 4.69) is 10.2 Å². The molecule has 0 aliphatic carbocycles. The van der Waals surface area contributed by atoms with Gasteiger partial charge in [0.2, 0.25) is 0 Å². The third kappa shape index (κ3) is 0.869. The molecule has 1 heterocycles. The summed E-state index contributed by atoms with van der Waals surface area (Å²) in [4.78, 5) is 0. The van der Waals surface area contributed by atoms with Gasteiger partial charge in [-0.1, -0.05) is 0 Å². The van der Waals surface area contributed by atoms with Gasteiger partial charge in [-0.3, -0.25) is 5.10 Å². The van der Waals surface area contributed by atoms with Crippen molar-refractivity contribution in [3.63, 3.8) is 0 Å². The van der Waals surface area contributed by atoms with Crippen LogP contribution in [0.2, 0.25) is 0 Å². The van der Waals surface area contributed by atoms with Crippen LogP contribution >= 0.6 is 0 Å². The fourth-order valence-electron chi connectivity index (χ4n) is 0.525. The molecule has 0 aromatic carbocycles. The Hall–Kier alpha value is -0.830. The number of H-pyrrole nitrogens is 1. The van der Waals surface area contributed by atoms with E-state index in [0.29, 0.717) is 0 Å². The lowest BCUT2D eigenvalue weighted by Gasteiger charge is -1.94. The number of nitrogens with zero attached hydrogens (tertiary/aromatic N) is 1. The standard InChI is InChI=1S/C5H9N3/c1-4(6)5-2-3-7-8-5/h2-4H,6H2,1H3,(H,7,8)/t4-/m0/s1. The van der Waals surface area contributed by atoms with E-state index < -0.39 is 0 Å². The molecule has 0 amide bonds. The maximum Gasteiger partial charge on any atom is 0.0786 e. The minimum absolute atomic E-state index is 0.0428. The van der Waals surface area contributed by atoms with Gasteiger partial charge in [0.25, 0.3) is 0 Å². The normalized spacial score (nSPS) is 13.8. The molecular formula is C5H9N3. The summed E-state index contributed by atoms with van der Waals surface area (Å²) in [6.07, 6.45) is 1.76. The van der Waals surface area contributed by atoms with Gasteiger partial charge in [-0.15, -0.1) is 0 Å². The molecule has 3 N–H and O–H groups in total. The molecule has 0 aliphatic rings. The summed E-state index contributed by atoms with van der Waals surface area (Å²) in [5, 5.41) is 6.55. The average Bonchev–Trinajstić information content (AvgIpc) is 2.12. The smallest absolute Gasteiger partial charge is 0.0786 e. The number of hydrogen-bond acceptors (Lipinski definition) is 2. The number of aromatic nitrogens is 2. The molecule has 1 aromatic heterocycles. The van der Waals surface area contributed by atoms with Crippen LogP contribution in [-0.2, 0) is 0 Å². The maximum atomic E-state index is 5.48. The molecule has 3 nitrogen and oxygen atoms in total. The molecule has 8 heavy (non-hydrogen) atoms. The van der Waals surface area contributed by atoms with Gasteiger partial charge in [-0.25, -0.2) is 0 Å². The van der Waals surface area contributed by atoms with E-state index in [9.17, 15) is 0 Å². The van der Waals surface area contributed by atoms with Crippen molar-refractivity contribution in [1.29, 1.82) is 0 Å². The third-order valence-electron chi connectivity index (χ3n) is 0.989. The summed E-state index contributed by atoms with van der Waals surface area (Å²) in [6, 6.07) is 1.91. The van der Waals surface area contributed by atoms with Crippen LogP contribution < -0.4 is 5.73 Å². The molecule has 0 unspecified atom stereocenters. The largest absolute Gasteiger partial charge is 0.323 e. The van der Waals surface area contributed by atoms with E-state index >= 15 is 0 Å². The predicted octanol–water partition coefficient (Wildman–Crippen LogP) is 0.429. The van der Waals surface area contributed by atoms with Gasteiger partial charge in [0.1, 0.15) is 0 Å². The number of rotatable bonds is 1. The lowest BCUT2D eigenvalue weighted by atomic mass is 10.3. The maximum absolute atomic E-state index is 5.48. The molecule has 0 aliphatic heterocycles. The highest BCUT2D eigenvalue weighted by atomic mass is 15.1. The van der Waals surface area contributed by atoms with E-state index in [-0.39, 0.29) is 6.04 Å². The Kier molecular flexibility index (Phi) is 1.30. The monoisotopic (exact) mass is 111 g/mol. The zero-order chi connectivity index (χ0) is 5.98. The number of aromatic amines is 1. The highest BCUT2D eigenvalue weighted by Crippen LogP contribution is 2.01. The van der Waals surface area contributed by atoms with Crippen molar-refractivity contribution in [3.8, 4) is 0 Å². The lowest BCUT2D eigenvalue weighted by Crippen LogP contribution is -2.04. The predicted molar refractivity (Wildman–Crippen MR) is 31.2 cm³/mol. The summed E-state index contributed by atoms with van der Waals surface area (Å²) in [5.74, 6) is 0. The van der Waals surface area contributed by atoms with Gasteiger partial charge in [0, 0.05) is 12.2 Å². The van der Waals surface area contributed by atoms with Gasteiger partial charge >= 0.3 is 0 Å². The van der Waals surface area contributed by atoms with Crippen LogP contribution in [0.15, 0.2) is 12.3 Å². The van der Waals surface area contributed by atoms with Crippen molar-refractivity contribution in [3.05, 3.63) is 18.0 Å². The summed E-state index contributed by atoms with van der Waals surface area (Å²) in [5.41, 5.74) is 6.38. The van der Waals surface area contributed by atoms with Crippen molar-refractivity contribution in [2.75, 3.05) is 0 Å². The molecule has 1 rings (SSSR count). The van der Waals surface area contributed by atoms with E-state index in [1.807, 2.05) is 13.0 Å².